The van der Waals surface area contributed by atoms with Crippen molar-refractivity contribution in [1.29, 1.82) is 0 Å². The first-order chi connectivity index (χ1) is 12.2. The number of benzene rings is 2. The first kappa shape index (κ1) is 16.2. The lowest BCUT2D eigenvalue weighted by molar-refractivity contribution is 0.415. The van der Waals surface area contributed by atoms with Crippen LogP contribution < -0.4 is 9.46 Å². The van der Waals surface area contributed by atoms with Gasteiger partial charge in [-0.3, -0.25) is 0 Å². The monoisotopic (exact) mass is 354 g/mol. The van der Waals surface area contributed by atoms with Crippen LogP contribution in [0.1, 0.15) is 19.8 Å². The number of ether oxygens (including phenoxy) is 1. The van der Waals surface area contributed by atoms with Crippen molar-refractivity contribution >= 4 is 27.6 Å². The molecule has 1 aliphatic rings. The molecule has 1 fully saturated rings. The fourth-order valence-electron chi connectivity index (χ4n) is 3.15. The van der Waals surface area contributed by atoms with Gasteiger partial charge >= 0.3 is 0 Å². The topological polar surface area (TPSA) is 43.3 Å². The largest absolute Gasteiger partial charge is 0.497 e. The number of aromatic nitrogens is 1. The molecule has 1 heterocycles. The predicted octanol–water partition coefficient (Wildman–Crippen LogP) is 4.57. The first-order valence-corrected chi connectivity index (χ1v) is 9.86. The Hall–Kier alpha value is -2.27. The predicted molar refractivity (Wildman–Crippen MR) is 104 cm³/mol. The number of fused-ring (bicyclic) bond motifs is 1. The van der Waals surface area contributed by atoms with E-state index in [1.807, 2.05) is 18.2 Å². The molecule has 1 saturated carbocycles. The van der Waals surface area contributed by atoms with Crippen molar-refractivity contribution < 1.29 is 8.95 Å². The zero-order chi connectivity index (χ0) is 17.4. The maximum absolute atomic E-state index is 12.0. The molecule has 0 spiro atoms. The summed E-state index contributed by atoms with van der Waals surface area (Å²) in [4.78, 5) is 0. The van der Waals surface area contributed by atoms with Crippen molar-refractivity contribution in [3.8, 4) is 17.0 Å². The van der Waals surface area contributed by atoms with Gasteiger partial charge in [0, 0.05) is 28.8 Å². The van der Waals surface area contributed by atoms with Crippen LogP contribution in [0.3, 0.4) is 0 Å². The normalized spacial score (nSPS) is 15.3. The van der Waals surface area contributed by atoms with Gasteiger partial charge < -0.3 is 14.0 Å². The third kappa shape index (κ3) is 3.16. The third-order valence-corrected chi connectivity index (χ3v) is 6.16. The Morgan fingerprint density at radius 1 is 1.16 bits per heavy atom. The average Bonchev–Trinajstić information content (AvgIpc) is 3.43. The summed E-state index contributed by atoms with van der Waals surface area (Å²) in [5.74, 6) is 0.870. The van der Waals surface area contributed by atoms with Crippen LogP contribution in [0.15, 0.2) is 48.5 Å². The second kappa shape index (κ2) is 6.56. The second-order valence-corrected chi connectivity index (χ2v) is 7.84. The molecule has 5 heteroatoms. The van der Waals surface area contributed by atoms with Crippen molar-refractivity contribution in [3.63, 3.8) is 0 Å². The lowest BCUT2D eigenvalue weighted by atomic mass is 10.1. The Morgan fingerprint density at radius 3 is 2.56 bits per heavy atom. The maximum atomic E-state index is 12.0. The lowest BCUT2D eigenvalue weighted by Crippen LogP contribution is -2.08. The van der Waals surface area contributed by atoms with E-state index in [0.717, 1.165) is 36.4 Å². The second-order valence-electron chi connectivity index (χ2n) is 6.37. The van der Waals surface area contributed by atoms with Crippen molar-refractivity contribution in [2.24, 2.45) is 0 Å². The van der Waals surface area contributed by atoms with Gasteiger partial charge in [-0.15, -0.1) is 0 Å². The highest BCUT2D eigenvalue weighted by Crippen LogP contribution is 2.32. The van der Waals surface area contributed by atoms with Crippen LogP contribution in [0.4, 0.5) is 5.69 Å². The van der Waals surface area contributed by atoms with Crippen LogP contribution >= 0.6 is 0 Å². The van der Waals surface area contributed by atoms with Crippen LogP contribution in [0.5, 0.6) is 5.75 Å². The zero-order valence-electron chi connectivity index (χ0n) is 14.5. The summed E-state index contributed by atoms with van der Waals surface area (Å²) in [6, 6.07) is 16.6. The van der Waals surface area contributed by atoms with Gasteiger partial charge in [-0.25, -0.2) is 4.21 Å². The van der Waals surface area contributed by atoms with E-state index in [9.17, 15) is 4.21 Å². The molecule has 2 aromatic carbocycles. The molecule has 1 atom stereocenters. The number of nitrogens with zero attached hydrogens (tertiary/aromatic N) is 1. The molecule has 0 bridgehead atoms. The molecule has 0 radical (unpaired) electrons. The molecule has 0 amide bonds. The first-order valence-electron chi connectivity index (χ1n) is 8.64. The Morgan fingerprint density at radius 2 is 1.92 bits per heavy atom. The Balaban J connectivity index is 1.67. The molecule has 1 aromatic heterocycles. The molecule has 1 unspecified atom stereocenters. The van der Waals surface area contributed by atoms with E-state index in [0.29, 0.717) is 5.25 Å². The molecule has 25 heavy (non-hydrogen) atoms. The standard InChI is InChI=1S/C20H22N2O2S/c1-3-22-19-11-8-17(24-2)12-15(19)13-20(22)14-4-6-16(7-5-14)21-25(23)18-9-10-18/h4-8,11-13,18,21H,3,9-10H2,1-2H3. The van der Waals surface area contributed by atoms with E-state index in [1.54, 1.807) is 7.11 Å². The molecule has 3 aromatic rings. The highest BCUT2D eigenvalue weighted by molar-refractivity contribution is 7.87. The molecular weight excluding hydrogens is 332 g/mol. The van der Waals surface area contributed by atoms with Gasteiger partial charge in [0.15, 0.2) is 0 Å². The van der Waals surface area contributed by atoms with Crippen molar-refractivity contribution in [2.45, 2.75) is 31.6 Å². The molecule has 4 rings (SSSR count). The number of rotatable bonds is 6. The Labute approximate surface area is 150 Å². The fraction of sp³-hybridized carbons (Fsp3) is 0.300. The molecule has 1 N–H and O–H groups in total. The van der Waals surface area contributed by atoms with Crippen molar-refractivity contribution in [2.75, 3.05) is 11.8 Å². The van der Waals surface area contributed by atoms with Gasteiger partial charge in [0.05, 0.1) is 12.4 Å². The van der Waals surface area contributed by atoms with Gasteiger partial charge in [0.2, 0.25) is 0 Å². The quantitative estimate of drug-likeness (QED) is 0.704. The maximum Gasteiger partial charge on any atom is 0.120 e. The minimum absolute atomic E-state index is 0.331. The van der Waals surface area contributed by atoms with E-state index in [-0.39, 0.29) is 0 Å². The van der Waals surface area contributed by atoms with Gasteiger partial charge in [0.1, 0.15) is 16.7 Å². The van der Waals surface area contributed by atoms with Crippen LogP contribution in [0, 0.1) is 0 Å². The minimum atomic E-state index is -0.954. The zero-order valence-corrected chi connectivity index (χ0v) is 15.3. The number of aryl methyl sites for hydroxylation is 1. The summed E-state index contributed by atoms with van der Waals surface area (Å²) in [5.41, 5.74) is 4.45. The number of anilines is 1. The van der Waals surface area contributed by atoms with Gasteiger partial charge in [-0.2, -0.15) is 0 Å². The highest BCUT2D eigenvalue weighted by atomic mass is 32.2. The molecule has 0 aliphatic heterocycles. The van der Waals surface area contributed by atoms with E-state index in [2.05, 4.69) is 46.5 Å². The smallest absolute Gasteiger partial charge is 0.120 e. The number of hydrogen-bond acceptors (Lipinski definition) is 2. The average molecular weight is 354 g/mol. The summed E-state index contributed by atoms with van der Waals surface area (Å²) in [7, 11) is 0.737. The van der Waals surface area contributed by atoms with Gasteiger partial charge in [-0.05, 0) is 61.7 Å². The number of nitrogens with one attached hydrogen (secondary N) is 1. The minimum Gasteiger partial charge on any atom is -0.497 e. The van der Waals surface area contributed by atoms with Crippen molar-refractivity contribution in [1.82, 2.24) is 4.57 Å². The highest BCUT2D eigenvalue weighted by Gasteiger charge is 2.28. The van der Waals surface area contributed by atoms with Gasteiger partial charge in [-0.1, -0.05) is 12.1 Å². The number of methoxy groups -OCH3 is 1. The van der Waals surface area contributed by atoms with Crippen molar-refractivity contribution in [3.05, 3.63) is 48.5 Å². The SMILES string of the molecule is CCn1c(-c2ccc(NS(=O)C3CC3)cc2)cc2cc(OC)ccc21. The summed E-state index contributed by atoms with van der Waals surface area (Å²) < 4.78 is 22.7. The van der Waals surface area contributed by atoms with Crippen LogP contribution in [0.2, 0.25) is 0 Å². The fourth-order valence-corrected chi connectivity index (χ4v) is 4.25. The molecule has 130 valence electrons. The summed E-state index contributed by atoms with van der Waals surface area (Å²) in [6.07, 6.45) is 2.13. The van der Waals surface area contributed by atoms with E-state index < -0.39 is 11.0 Å². The molecule has 0 saturated heterocycles. The number of hydrogen-bond donors (Lipinski definition) is 1. The summed E-state index contributed by atoms with van der Waals surface area (Å²) >= 11 is 0. The molecule has 4 nitrogen and oxygen atoms in total. The Bertz CT molecular complexity index is 927. The summed E-state index contributed by atoms with van der Waals surface area (Å²) in [6.45, 7) is 3.05. The third-order valence-electron chi connectivity index (χ3n) is 4.65. The molecule has 1 aliphatic carbocycles. The van der Waals surface area contributed by atoms with E-state index in [1.165, 1.54) is 16.6 Å². The van der Waals surface area contributed by atoms with Gasteiger partial charge in [0.25, 0.3) is 0 Å². The van der Waals surface area contributed by atoms with E-state index in [4.69, 9.17) is 4.74 Å². The van der Waals surface area contributed by atoms with Crippen LogP contribution in [-0.4, -0.2) is 21.1 Å². The summed E-state index contributed by atoms with van der Waals surface area (Å²) in [5, 5.41) is 1.51. The van der Waals surface area contributed by atoms with E-state index >= 15 is 0 Å². The molecular formula is C20H22N2O2S. The lowest BCUT2D eigenvalue weighted by Gasteiger charge is -2.10. The van der Waals surface area contributed by atoms with Crippen LogP contribution in [0.25, 0.3) is 22.2 Å². The van der Waals surface area contributed by atoms with Crippen LogP contribution in [-0.2, 0) is 17.5 Å². The Kier molecular flexibility index (Phi) is 4.25.